The first-order valence-corrected chi connectivity index (χ1v) is 11.6. The van der Waals surface area contributed by atoms with Crippen LogP contribution in [0.15, 0.2) is 66.0 Å². The number of aromatic nitrogens is 5. The average molecular weight is 467 g/mol. The predicted octanol–water partition coefficient (Wildman–Crippen LogP) is 4.90. The number of amides is 1. The molecule has 0 aliphatic heterocycles. The van der Waals surface area contributed by atoms with Crippen LogP contribution in [0.2, 0.25) is 5.02 Å². The second kappa shape index (κ2) is 10.0. The minimum absolute atomic E-state index is 0.129. The van der Waals surface area contributed by atoms with Crippen LogP contribution in [-0.2, 0) is 17.9 Å². The van der Waals surface area contributed by atoms with Crippen molar-refractivity contribution in [3.63, 3.8) is 0 Å². The third-order valence-electron chi connectivity index (χ3n) is 4.98. The van der Waals surface area contributed by atoms with Crippen LogP contribution >= 0.6 is 23.4 Å². The first kappa shape index (κ1) is 22.1. The zero-order chi connectivity index (χ0) is 22.5. The van der Waals surface area contributed by atoms with Gasteiger partial charge in [0.1, 0.15) is 5.82 Å². The fourth-order valence-corrected chi connectivity index (χ4v) is 4.27. The van der Waals surface area contributed by atoms with Gasteiger partial charge in [0.2, 0.25) is 5.91 Å². The monoisotopic (exact) mass is 466 g/mol. The molecule has 0 bridgehead atoms. The molecule has 0 saturated carbocycles. The predicted molar refractivity (Wildman–Crippen MR) is 128 cm³/mol. The van der Waals surface area contributed by atoms with E-state index in [4.69, 9.17) is 11.6 Å². The van der Waals surface area contributed by atoms with Gasteiger partial charge in [-0.15, -0.1) is 10.2 Å². The molecule has 0 radical (unpaired) electrons. The van der Waals surface area contributed by atoms with Crippen molar-refractivity contribution in [1.29, 1.82) is 0 Å². The summed E-state index contributed by atoms with van der Waals surface area (Å²) in [4.78, 5) is 12.6. The van der Waals surface area contributed by atoms with Crippen molar-refractivity contribution in [1.82, 2.24) is 24.5 Å². The summed E-state index contributed by atoms with van der Waals surface area (Å²) in [6, 6.07) is 17.4. The number of hydrogen-bond donors (Lipinski definition) is 1. The molecule has 0 spiro atoms. The molecule has 4 aromatic rings. The minimum atomic E-state index is -0.129. The maximum atomic E-state index is 12.6. The van der Waals surface area contributed by atoms with Gasteiger partial charge in [0, 0.05) is 23.2 Å². The molecule has 7 nitrogen and oxygen atoms in total. The van der Waals surface area contributed by atoms with E-state index in [0.29, 0.717) is 23.9 Å². The third-order valence-corrected chi connectivity index (χ3v) is 6.20. The summed E-state index contributed by atoms with van der Waals surface area (Å²) < 4.78 is 3.78. The van der Waals surface area contributed by atoms with Crippen molar-refractivity contribution < 1.29 is 4.79 Å². The standard InChI is InChI=1S/C23H23ClN6OS/c1-3-29-22(19-7-5-4-6-16(19)2)27-28-23(29)32-15-21(31)26-20-12-13-25-30(20)14-17-8-10-18(24)11-9-17/h4-13H,3,14-15H2,1-2H3,(H,26,31). The van der Waals surface area contributed by atoms with E-state index in [0.717, 1.165) is 27.7 Å². The van der Waals surface area contributed by atoms with E-state index in [1.165, 1.54) is 11.8 Å². The molecule has 1 amide bonds. The maximum Gasteiger partial charge on any atom is 0.235 e. The summed E-state index contributed by atoms with van der Waals surface area (Å²) in [6.07, 6.45) is 1.67. The number of halogens is 1. The highest BCUT2D eigenvalue weighted by Gasteiger charge is 2.16. The van der Waals surface area contributed by atoms with Gasteiger partial charge in [-0.05, 0) is 37.1 Å². The summed E-state index contributed by atoms with van der Waals surface area (Å²) >= 11 is 7.32. The van der Waals surface area contributed by atoms with Crippen molar-refractivity contribution in [2.24, 2.45) is 0 Å². The van der Waals surface area contributed by atoms with Crippen LogP contribution in [0, 0.1) is 6.92 Å². The molecule has 2 aromatic carbocycles. The Balaban J connectivity index is 1.41. The molecule has 2 heterocycles. The summed E-state index contributed by atoms with van der Waals surface area (Å²) in [6.45, 7) is 5.35. The number of nitrogens with one attached hydrogen (secondary N) is 1. The average Bonchev–Trinajstić information content (AvgIpc) is 3.40. The Morgan fingerprint density at radius 3 is 2.62 bits per heavy atom. The van der Waals surface area contributed by atoms with E-state index < -0.39 is 0 Å². The maximum absolute atomic E-state index is 12.6. The second-order valence-electron chi connectivity index (χ2n) is 7.20. The molecular formula is C23H23ClN6OS. The lowest BCUT2D eigenvalue weighted by Crippen LogP contribution is -2.18. The molecule has 0 atom stereocenters. The van der Waals surface area contributed by atoms with Gasteiger partial charge in [-0.2, -0.15) is 5.10 Å². The highest BCUT2D eigenvalue weighted by atomic mass is 35.5. The van der Waals surface area contributed by atoms with E-state index in [-0.39, 0.29) is 11.7 Å². The molecule has 0 saturated heterocycles. The number of carbonyl (C=O) groups excluding carboxylic acids is 1. The number of aryl methyl sites for hydroxylation is 1. The zero-order valence-electron chi connectivity index (χ0n) is 17.8. The van der Waals surface area contributed by atoms with E-state index >= 15 is 0 Å². The Kier molecular flexibility index (Phi) is 6.92. The summed E-state index contributed by atoms with van der Waals surface area (Å²) in [7, 11) is 0. The molecule has 0 aliphatic rings. The molecule has 2 aromatic heterocycles. The quantitative estimate of drug-likeness (QED) is 0.373. The van der Waals surface area contributed by atoms with Crippen molar-refractivity contribution >= 4 is 35.1 Å². The first-order valence-electron chi connectivity index (χ1n) is 10.2. The smallest absolute Gasteiger partial charge is 0.235 e. The van der Waals surface area contributed by atoms with Gasteiger partial charge in [-0.3, -0.25) is 4.79 Å². The van der Waals surface area contributed by atoms with Gasteiger partial charge in [0.15, 0.2) is 11.0 Å². The Hall–Kier alpha value is -3.10. The van der Waals surface area contributed by atoms with Gasteiger partial charge in [-0.25, -0.2) is 4.68 Å². The number of hydrogen-bond acceptors (Lipinski definition) is 5. The Morgan fingerprint density at radius 1 is 1.09 bits per heavy atom. The second-order valence-corrected chi connectivity index (χ2v) is 8.58. The van der Waals surface area contributed by atoms with Crippen LogP contribution in [0.4, 0.5) is 5.82 Å². The molecule has 32 heavy (non-hydrogen) atoms. The van der Waals surface area contributed by atoms with Crippen LogP contribution in [0.25, 0.3) is 11.4 Å². The SMILES string of the molecule is CCn1c(SCC(=O)Nc2ccnn2Cc2ccc(Cl)cc2)nnc1-c1ccccc1C. The van der Waals surface area contributed by atoms with Crippen LogP contribution in [0.5, 0.6) is 0 Å². The lowest BCUT2D eigenvalue weighted by atomic mass is 10.1. The number of thioether (sulfide) groups is 1. The highest BCUT2D eigenvalue weighted by molar-refractivity contribution is 7.99. The molecule has 4 rings (SSSR count). The topological polar surface area (TPSA) is 77.6 Å². The van der Waals surface area contributed by atoms with Crippen molar-refractivity contribution in [3.05, 3.63) is 76.9 Å². The summed E-state index contributed by atoms with van der Waals surface area (Å²) in [5.41, 5.74) is 3.23. The van der Waals surface area contributed by atoms with Crippen LogP contribution in [0.1, 0.15) is 18.1 Å². The van der Waals surface area contributed by atoms with E-state index in [2.05, 4.69) is 33.6 Å². The Labute approximate surface area is 195 Å². The molecule has 0 aliphatic carbocycles. The van der Waals surface area contributed by atoms with Gasteiger partial charge in [0.25, 0.3) is 0 Å². The molecular weight excluding hydrogens is 444 g/mol. The highest BCUT2D eigenvalue weighted by Crippen LogP contribution is 2.26. The first-order chi connectivity index (χ1) is 15.5. The van der Waals surface area contributed by atoms with Gasteiger partial charge >= 0.3 is 0 Å². The molecule has 164 valence electrons. The summed E-state index contributed by atoms with van der Waals surface area (Å²) in [5, 5.41) is 17.3. The van der Waals surface area contributed by atoms with Crippen molar-refractivity contribution in [3.8, 4) is 11.4 Å². The zero-order valence-corrected chi connectivity index (χ0v) is 19.4. The van der Waals surface area contributed by atoms with Crippen molar-refractivity contribution in [2.45, 2.75) is 32.1 Å². The summed E-state index contributed by atoms with van der Waals surface area (Å²) in [5.74, 6) is 1.55. The number of anilines is 1. The van der Waals surface area contributed by atoms with Gasteiger partial charge < -0.3 is 9.88 Å². The molecule has 9 heteroatoms. The van der Waals surface area contributed by atoms with Crippen LogP contribution < -0.4 is 5.32 Å². The lowest BCUT2D eigenvalue weighted by molar-refractivity contribution is -0.113. The largest absolute Gasteiger partial charge is 0.310 e. The molecule has 1 N–H and O–H groups in total. The molecule has 0 unspecified atom stereocenters. The van der Waals surface area contributed by atoms with Gasteiger partial charge in [0.05, 0.1) is 18.5 Å². The molecule has 0 fully saturated rings. The Bertz CT molecular complexity index is 1220. The van der Waals surface area contributed by atoms with E-state index in [9.17, 15) is 4.79 Å². The Morgan fingerprint density at radius 2 is 1.88 bits per heavy atom. The number of carbonyl (C=O) groups is 1. The lowest BCUT2D eigenvalue weighted by Gasteiger charge is -2.10. The third kappa shape index (κ3) is 5.03. The number of rotatable bonds is 8. The van der Waals surface area contributed by atoms with E-state index in [1.54, 1.807) is 16.9 Å². The number of benzene rings is 2. The fraction of sp³-hybridized carbons (Fsp3) is 0.217. The van der Waals surface area contributed by atoms with Crippen LogP contribution in [-0.4, -0.2) is 36.2 Å². The normalized spacial score (nSPS) is 11.0. The van der Waals surface area contributed by atoms with E-state index in [1.807, 2.05) is 54.0 Å². The van der Waals surface area contributed by atoms with Gasteiger partial charge in [-0.1, -0.05) is 59.8 Å². The fourth-order valence-electron chi connectivity index (χ4n) is 3.34. The van der Waals surface area contributed by atoms with Crippen LogP contribution in [0.3, 0.4) is 0 Å². The minimum Gasteiger partial charge on any atom is -0.310 e. The number of nitrogens with zero attached hydrogens (tertiary/aromatic N) is 5. The van der Waals surface area contributed by atoms with Crippen molar-refractivity contribution in [2.75, 3.05) is 11.1 Å².